The summed E-state index contributed by atoms with van der Waals surface area (Å²) in [6.07, 6.45) is 5.02. The fourth-order valence-electron chi connectivity index (χ4n) is 2.30. The summed E-state index contributed by atoms with van der Waals surface area (Å²) in [5, 5.41) is 0. The molecule has 3 heteroatoms. The van der Waals surface area contributed by atoms with Crippen LogP contribution < -0.4 is 10.5 Å². The number of unbranched alkanes of at least 4 members (excludes halogenated alkanes) is 2. The average molecular weight is 264 g/mol. The summed E-state index contributed by atoms with van der Waals surface area (Å²) in [5.74, 6) is 0.907. The standard InChI is InChI=1S/C16H28N2O/c1-4-5-6-7-15(12-17)18(2)13-14-8-10-16(19-3)11-9-14/h8-11,15H,4-7,12-13,17H2,1-3H3. The molecule has 3 nitrogen and oxygen atoms in total. The second kappa shape index (κ2) is 8.94. The number of ether oxygens (including phenoxy) is 1. The van der Waals surface area contributed by atoms with Crippen LogP contribution in [0.25, 0.3) is 0 Å². The van der Waals surface area contributed by atoms with Crippen LogP contribution in [-0.2, 0) is 6.54 Å². The zero-order valence-corrected chi connectivity index (χ0v) is 12.6. The van der Waals surface area contributed by atoms with E-state index in [1.54, 1.807) is 7.11 Å². The molecule has 108 valence electrons. The highest BCUT2D eigenvalue weighted by Crippen LogP contribution is 2.15. The Balaban J connectivity index is 2.47. The molecule has 1 unspecified atom stereocenters. The minimum Gasteiger partial charge on any atom is -0.497 e. The summed E-state index contributed by atoms with van der Waals surface area (Å²) in [7, 11) is 3.85. The van der Waals surface area contributed by atoms with Crippen LogP contribution in [0.4, 0.5) is 0 Å². The number of nitrogens with two attached hydrogens (primary N) is 1. The van der Waals surface area contributed by atoms with E-state index in [0.717, 1.165) is 18.8 Å². The normalized spacial score (nSPS) is 12.7. The first-order valence-corrected chi connectivity index (χ1v) is 7.24. The van der Waals surface area contributed by atoms with Crippen LogP contribution in [0, 0.1) is 0 Å². The van der Waals surface area contributed by atoms with E-state index >= 15 is 0 Å². The molecule has 19 heavy (non-hydrogen) atoms. The maximum absolute atomic E-state index is 5.89. The first-order valence-electron chi connectivity index (χ1n) is 7.24. The van der Waals surface area contributed by atoms with Gasteiger partial charge in [-0.15, -0.1) is 0 Å². The third kappa shape index (κ3) is 5.62. The highest BCUT2D eigenvalue weighted by molar-refractivity contribution is 5.27. The summed E-state index contributed by atoms with van der Waals surface area (Å²) in [5.41, 5.74) is 7.20. The van der Waals surface area contributed by atoms with Crippen LogP contribution in [0.2, 0.25) is 0 Å². The van der Waals surface area contributed by atoms with Gasteiger partial charge in [0.25, 0.3) is 0 Å². The minimum absolute atomic E-state index is 0.480. The third-order valence-electron chi connectivity index (χ3n) is 3.63. The zero-order valence-electron chi connectivity index (χ0n) is 12.6. The number of methoxy groups -OCH3 is 1. The molecular formula is C16H28N2O. The molecule has 0 spiro atoms. The Morgan fingerprint density at radius 2 is 1.89 bits per heavy atom. The summed E-state index contributed by atoms with van der Waals surface area (Å²) < 4.78 is 5.17. The molecule has 0 saturated carbocycles. The molecule has 1 aromatic rings. The molecule has 0 aromatic heterocycles. The predicted octanol–water partition coefficient (Wildman–Crippen LogP) is 3.03. The fraction of sp³-hybridized carbons (Fsp3) is 0.625. The van der Waals surface area contributed by atoms with Crippen LogP contribution in [-0.4, -0.2) is 31.6 Å². The highest BCUT2D eigenvalue weighted by Gasteiger charge is 2.12. The molecule has 0 aliphatic carbocycles. The maximum atomic E-state index is 5.89. The molecule has 1 atom stereocenters. The lowest BCUT2D eigenvalue weighted by atomic mass is 10.1. The Morgan fingerprint density at radius 1 is 1.21 bits per heavy atom. The van der Waals surface area contributed by atoms with Crippen molar-refractivity contribution in [3.63, 3.8) is 0 Å². The van der Waals surface area contributed by atoms with Crippen molar-refractivity contribution in [1.29, 1.82) is 0 Å². The number of likely N-dealkylation sites (N-methyl/N-ethyl adjacent to an activating group) is 1. The lowest BCUT2D eigenvalue weighted by molar-refractivity contribution is 0.223. The Bertz CT molecular complexity index is 337. The van der Waals surface area contributed by atoms with Gasteiger partial charge < -0.3 is 10.5 Å². The molecule has 0 amide bonds. The molecule has 0 heterocycles. The van der Waals surface area contributed by atoms with Gasteiger partial charge in [-0.1, -0.05) is 38.3 Å². The van der Waals surface area contributed by atoms with Gasteiger partial charge in [0.05, 0.1) is 7.11 Å². The first kappa shape index (κ1) is 16.0. The van der Waals surface area contributed by atoms with Gasteiger partial charge in [-0.25, -0.2) is 0 Å². The van der Waals surface area contributed by atoms with Gasteiger partial charge in [0, 0.05) is 19.1 Å². The topological polar surface area (TPSA) is 38.5 Å². The van der Waals surface area contributed by atoms with E-state index in [-0.39, 0.29) is 0 Å². The van der Waals surface area contributed by atoms with Crippen molar-refractivity contribution in [2.24, 2.45) is 5.73 Å². The number of benzene rings is 1. The zero-order chi connectivity index (χ0) is 14.1. The quantitative estimate of drug-likeness (QED) is 0.697. The average Bonchev–Trinajstić information content (AvgIpc) is 2.44. The first-order chi connectivity index (χ1) is 9.21. The Labute approximate surface area is 117 Å². The monoisotopic (exact) mass is 264 g/mol. The summed E-state index contributed by atoms with van der Waals surface area (Å²) >= 11 is 0. The van der Waals surface area contributed by atoms with E-state index in [4.69, 9.17) is 10.5 Å². The van der Waals surface area contributed by atoms with Crippen molar-refractivity contribution in [1.82, 2.24) is 4.90 Å². The molecule has 0 saturated heterocycles. The Kier molecular flexibility index (Phi) is 7.53. The van der Waals surface area contributed by atoms with E-state index < -0.39 is 0 Å². The van der Waals surface area contributed by atoms with Crippen molar-refractivity contribution in [3.05, 3.63) is 29.8 Å². The molecule has 1 aromatic carbocycles. The van der Waals surface area contributed by atoms with Crippen molar-refractivity contribution < 1.29 is 4.74 Å². The van der Waals surface area contributed by atoms with E-state index in [9.17, 15) is 0 Å². The van der Waals surface area contributed by atoms with Crippen LogP contribution in [0.3, 0.4) is 0 Å². The summed E-state index contributed by atoms with van der Waals surface area (Å²) in [6.45, 7) is 3.91. The Morgan fingerprint density at radius 3 is 2.42 bits per heavy atom. The lowest BCUT2D eigenvalue weighted by Gasteiger charge is -2.27. The van der Waals surface area contributed by atoms with Crippen molar-refractivity contribution >= 4 is 0 Å². The van der Waals surface area contributed by atoms with Crippen molar-refractivity contribution in [3.8, 4) is 5.75 Å². The molecule has 0 radical (unpaired) electrons. The van der Waals surface area contributed by atoms with Crippen molar-refractivity contribution in [2.75, 3.05) is 20.7 Å². The number of hydrogen-bond acceptors (Lipinski definition) is 3. The van der Waals surface area contributed by atoms with Gasteiger partial charge in [0.1, 0.15) is 5.75 Å². The van der Waals surface area contributed by atoms with E-state index in [1.807, 2.05) is 12.1 Å². The minimum atomic E-state index is 0.480. The maximum Gasteiger partial charge on any atom is 0.118 e. The second-order valence-corrected chi connectivity index (χ2v) is 5.15. The largest absolute Gasteiger partial charge is 0.497 e. The van der Waals surface area contributed by atoms with Crippen LogP contribution in [0.15, 0.2) is 24.3 Å². The number of hydrogen-bond donors (Lipinski definition) is 1. The smallest absolute Gasteiger partial charge is 0.118 e. The van der Waals surface area contributed by atoms with Crippen LogP contribution in [0.1, 0.15) is 38.2 Å². The summed E-state index contributed by atoms with van der Waals surface area (Å²) in [4.78, 5) is 2.36. The van der Waals surface area contributed by atoms with E-state index in [0.29, 0.717) is 6.04 Å². The van der Waals surface area contributed by atoms with E-state index in [1.165, 1.54) is 31.2 Å². The van der Waals surface area contributed by atoms with E-state index in [2.05, 4.69) is 31.0 Å². The second-order valence-electron chi connectivity index (χ2n) is 5.15. The predicted molar refractivity (Wildman–Crippen MR) is 81.4 cm³/mol. The molecule has 0 aliphatic rings. The van der Waals surface area contributed by atoms with Crippen molar-refractivity contribution in [2.45, 2.75) is 45.2 Å². The highest BCUT2D eigenvalue weighted by atomic mass is 16.5. The molecule has 2 N–H and O–H groups in total. The molecule has 0 bridgehead atoms. The lowest BCUT2D eigenvalue weighted by Crippen LogP contribution is -2.37. The summed E-state index contributed by atoms with van der Waals surface area (Å²) in [6, 6.07) is 8.74. The molecular weight excluding hydrogens is 236 g/mol. The van der Waals surface area contributed by atoms with Gasteiger partial charge in [-0.3, -0.25) is 4.90 Å². The third-order valence-corrected chi connectivity index (χ3v) is 3.63. The van der Waals surface area contributed by atoms with Gasteiger partial charge in [0.15, 0.2) is 0 Å². The SMILES string of the molecule is CCCCCC(CN)N(C)Cc1ccc(OC)cc1. The van der Waals surface area contributed by atoms with Gasteiger partial charge >= 0.3 is 0 Å². The van der Waals surface area contributed by atoms with Crippen LogP contribution >= 0.6 is 0 Å². The van der Waals surface area contributed by atoms with Gasteiger partial charge in [0.2, 0.25) is 0 Å². The van der Waals surface area contributed by atoms with Crippen LogP contribution in [0.5, 0.6) is 5.75 Å². The number of rotatable bonds is 9. The molecule has 1 rings (SSSR count). The fourth-order valence-corrected chi connectivity index (χ4v) is 2.30. The molecule has 0 aliphatic heterocycles. The molecule has 0 fully saturated rings. The van der Waals surface area contributed by atoms with Gasteiger partial charge in [-0.2, -0.15) is 0 Å². The Hall–Kier alpha value is -1.06. The number of nitrogens with zero attached hydrogens (tertiary/aromatic N) is 1. The van der Waals surface area contributed by atoms with Gasteiger partial charge in [-0.05, 0) is 31.2 Å².